The zero-order chi connectivity index (χ0) is 17.4. The maximum atomic E-state index is 11.3. The fraction of sp³-hybridized carbons (Fsp3) is 0.500. The third kappa shape index (κ3) is 1.88. The molecular formula is C22H22O4. The number of fused-ring (bicyclic) bond motifs is 1. The van der Waals surface area contributed by atoms with Crippen LogP contribution in [0.3, 0.4) is 0 Å². The van der Waals surface area contributed by atoms with E-state index in [1.54, 1.807) is 0 Å². The Morgan fingerprint density at radius 3 is 2.92 bits per heavy atom. The van der Waals surface area contributed by atoms with E-state index in [-0.39, 0.29) is 0 Å². The van der Waals surface area contributed by atoms with Crippen LogP contribution in [0.5, 0.6) is 11.5 Å². The van der Waals surface area contributed by atoms with Crippen LogP contribution in [0.4, 0.5) is 0 Å². The Morgan fingerprint density at radius 2 is 2.04 bits per heavy atom. The molecule has 1 aromatic rings. The van der Waals surface area contributed by atoms with Crippen LogP contribution in [0.1, 0.15) is 24.8 Å². The molecule has 1 aliphatic heterocycles. The molecular weight excluding hydrogens is 328 g/mol. The van der Waals surface area contributed by atoms with Gasteiger partial charge in [0.2, 0.25) is 6.79 Å². The number of carboxylic acids is 1. The van der Waals surface area contributed by atoms with Crippen molar-refractivity contribution in [2.45, 2.75) is 19.3 Å². The summed E-state index contributed by atoms with van der Waals surface area (Å²) in [5.41, 5.74) is 2.66. The lowest BCUT2D eigenvalue weighted by molar-refractivity contribution is -0.142. The minimum absolute atomic E-state index is 0.308. The van der Waals surface area contributed by atoms with Crippen LogP contribution in [0.15, 0.2) is 36.4 Å². The molecule has 0 amide bonds. The summed E-state index contributed by atoms with van der Waals surface area (Å²) in [5.74, 6) is 5.05. The highest BCUT2D eigenvalue weighted by Crippen LogP contribution is 2.68. The molecule has 0 saturated heterocycles. The number of rotatable bonds is 3. The van der Waals surface area contributed by atoms with Crippen molar-refractivity contribution in [3.63, 3.8) is 0 Å². The molecule has 26 heavy (non-hydrogen) atoms. The first-order valence-electron chi connectivity index (χ1n) is 9.71. The van der Waals surface area contributed by atoms with Crippen molar-refractivity contribution in [2.24, 2.45) is 41.4 Å². The molecule has 2 fully saturated rings. The largest absolute Gasteiger partial charge is 0.481 e. The average molecular weight is 350 g/mol. The van der Waals surface area contributed by atoms with Crippen LogP contribution < -0.4 is 9.47 Å². The molecule has 5 aliphatic rings. The minimum atomic E-state index is -0.641. The number of ether oxygens (including phenoxy) is 2. The predicted octanol–water partition coefficient (Wildman–Crippen LogP) is 3.98. The Hall–Kier alpha value is -2.23. The summed E-state index contributed by atoms with van der Waals surface area (Å²) in [4.78, 5) is 11.3. The maximum absolute atomic E-state index is 11.3. The van der Waals surface area contributed by atoms with Gasteiger partial charge < -0.3 is 14.6 Å². The van der Waals surface area contributed by atoms with Gasteiger partial charge in [0.15, 0.2) is 11.5 Å². The van der Waals surface area contributed by atoms with Gasteiger partial charge in [0.05, 0.1) is 0 Å². The molecule has 4 nitrogen and oxygen atoms in total. The van der Waals surface area contributed by atoms with E-state index in [0.29, 0.717) is 48.7 Å². The van der Waals surface area contributed by atoms with E-state index in [4.69, 9.17) is 9.47 Å². The third-order valence-corrected chi connectivity index (χ3v) is 7.62. The van der Waals surface area contributed by atoms with Crippen LogP contribution in [0.2, 0.25) is 0 Å². The number of carboxylic acid groups (broad SMARTS) is 1. The molecule has 1 aromatic carbocycles. The van der Waals surface area contributed by atoms with E-state index in [0.717, 1.165) is 23.8 Å². The van der Waals surface area contributed by atoms with Gasteiger partial charge in [-0.3, -0.25) is 4.79 Å². The molecule has 1 N–H and O–H groups in total. The Balaban J connectivity index is 1.35. The highest BCUT2D eigenvalue weighted by molar-refractivity contribution is 5.73. The lowest BCUT2D eigenvalue weighted by atomic mass is 9.50. The minimum Gasteiger partial charge on any atom is -0.481 e. The average Bonchev–Trinajstić information content (AvgIpc) is 3.24. The van der Waals surface area contributed by atoms with E-state index in [9.17, 15) is 9.90 Å². The molecule has 7 unspecified atom stereocenters. The first-order chi connectivity index (χ1) is 12.7. The first kappa shape index (κ1) is 14.9. The van der Waals surface area contributed by atoms with Crippen molar-refractivity contribution in [1.29, 1.82) is 0 Å². The summed E-state index contributed by atoms with van der Waals surface area (Å²) >= 11 is 0. The maximum Gasteiger partial charge on any atom is 0.303 e. The molecule has 0 bridgehead atoms. The number of aliphatic carboxylic acids is 1. The fourth-order valence-corrected chi connectivity index (χ4v) is 6.73. The van der Waals surface area contributed by atoms with Crippen molar-refractivity contribution in [1.82, 2.24) is 0 Å². The Labute approximate surface area is 152 Å². The van der Waals surface area contributed by atoms with Crippen molar-refractivity contribution in [2.75, 3.05) is 6.79 Å². The van der Waals surface area contributed by atoms with Gasteiger partial charge in [-0.05, 0) is 71.6 Å². The predicted molar refractivity (Wildman–Crippen MR) is 95.6 cm³/mol. The summed E-state index contributed by atoms with van der Waals surface area (Å²) in [6, 6.07) is 6.29. The van der Waals surface area contributed by atoms with E-state index < -0.39 is 5.97 Å². The zero-order valence-corrected chi connectivity index (χ0v) is 14.5. The lowest BCUT2D eigenvalue weighted by Gasteiger charge is -2.54. The van der Waals surface area contributed by atoms with E-state index in [1.165, 1.54) is 17.6 Å². The number of allylic oxidation sites excluding steroid dienone is 4. The summed E-state index contributed by atoms with van der Waals surface area (Å²) < 4.78 is 11.0. The molecule has 2 saturated carbocycles. The van der Waals surface area contributed by atoms with Gasteiger partial charge in [-0.15, -0.1) is 0 Å². The molecule has 4 heteroatoms. The molecule has 0 aromatic heterocycles. The van der Waals surface area contributed by atoms with E-state index in [1.807, 2.05) is 6.07 Å². The van der Waals surface area contributed by atoms with Crippen molar-refractivity contribution < 1.29 is 19.4 Å². The number of benzene rings is 1. The van der Waals surface area contributed by atoms with Crippen molar-refractivity contribution >= 4 is 11.5 Å². The quantitative estimate of drug-likeness (QED) is 0.838. The van der Waals surface area contributed by atoms with Gasteiger partial charge in [-0.1, -0.05) is 24.3 Å². The summed E-state index contributed by atoms with van der Waals surface area (Å²) in [6.45, 7) is 0.308. The van der Waals surface area contributed by atoms with Crippen LogP contribution >= 0.6 is 0 Å². The van der Waals surface area contributed by atoms with Gasteiger partial charge in [0, 0.05) is 12.3 Å². The summed E-state index contributed by atoms with van der Waals surface area (Å²) in [6.07, 6.45) is 9.81. The molecule has 134 valence electrons. The van der Waals surface area contributed by atoms with E-state index in [2.05, 4.69) is 30.4 Å². The highest BCUT2D eigenvalue weighted by atomic mass is 16.7. The standard InChI is InChI=1S/C22H22O4/c23-20(24)9-16-15-5-4-14-13(3-1-12-7-17(16)22(15)21(12)14)11-2-6-18-19(8-11)26-10-25-18/h2-6,8,12,14-17,21-22H,1,7,9-10H2,(H,23,24). The van der Waals surface area contributed by atoms with Gasteiger partial charge in [-0.2, -0.15) is 0 Å². The normalized spacial score (nSPS) is 40.6. The second-order valence-corrected chi connectivity index (χ2v) is 8.53. The van der Waals surface area contributed by atoms with Crippen LogP contribution in [-0.2, 0) is 4.79 Å². The topological polar surface area (TPSA) is 55.8 Å². The second kappa shape index (κ2) is 5.15. The smallest absolute Gasteiger partial charge is 0.303 e. The van der Waals surface area contributed by atoms with Gasteiger partial charge >= 0.3 is 5.97 Å². The van der Waals surface area contributed by atoms with Gasteiger partial charge in [-0.25, -0.2) is 0 Å². The van der Waals surface area contributed by atoms with Gasteiger partial charge in [0.1, 0.15) is 0 Å². The fourth-order valence-electron chi connectivity index (χ4n) is 6.73. The molecule has 6 rings (SSSR count). The molecule has 1 heterocycles. The molecule has 4 aliphatic carbocycles. The summed E-state index contributed by atoms with van der Waals surface area (Å²) in [7, 11) is 0. The zero-order valence-electron chi connectivity index (χ0n) is 14.5. The highest BCUT2D eigenvalue weighted by Gasteiger charge is 2.62. The van der Waals surface area contributed by atoms with Crippen molar-refractivity contribution in [3.8, 4) is 11.5 Å². The Kier molecular flexibility index (Phi) is 2.95. The Bertz CT molecular complexity index is 854. The number of carbonyl (C=O) groups is 1. The van der Waals surface area contributed by atoms with Crippen molar-refractivity contribution in [3.05, 3.63) is 42.0 Å². The molecule has 0 radical (unpaired) electrons. The summed E-state index contributed by atoms with van der Waals surface area (Å²) in [5, 5.41) is 9.26. The van der Waals surface area contributed by atoms with Gasteiger partial charge in [0.25, 0.3) is 0 Å². The molecule has 7 atom stereocenters. The van der Waals surface area contributed by atoms with E-state index >= 15 is 0 Å². The van der Waals surface area contributed by atoms with Crippen LogP contribution in [-0.4, -0.2) is 17.9 Å². The lowest BCUT2D eigenvalue weighted by Crippen LogP contribution is -2.49. The van der Waals surface area contributed by atoms with Crippen LogP contribution in [0, 0.1) is 41.4 Å². The SMILES string of the molecule is O=C(O)CC1C2C=CC3C(c4ccc5c(c4)OCO5)=CCC4CC1C2C43. The Morgan fingerprint density at radius 1 is 1.15 bits per heavy atom. The monoisotopic (exact) mass is 350 g/mol. The van der Waals surface area contributed by atoms with Crippen LogP contribution in [0.25, 0.3) is 5.57 Å². The first-order valence-corrected chi connectivity index (χ1v) is 9.71. The second-order valence-electron chi connectivity index (χ2n) is 8.53. The molecule has 0 spiro atoms. The number of hydrogen-bond acceptors (Lipinski definition) is 3. The third-order valence-electron chi connectivity index (χ3n) is 7.62. The number of hydrogen-bond donors (Lipinski definition) is 1.